The highest BCUT2D eigenvalue weighted by Gasteiger charge is 2.36. The zero-order chi connectivity index (χ0) is 30.0. The Kier molecular flexibility index (Phi) is 8.29. The average Bonchev–Trinajstić information content (AvgIpc) is 3.34. The van der Waals surface area contributed by atoms with Crippen LogP contribution in [0.5, 0.6) is 5.88 Å². The van der Waals surface area contributed by atoms with E-state index in [1.807, 2.05) is 0 Å². The number of benzene rings is 1. The number of nitrogens with zero attached hydrogens (tertiary/aromatic N) is 5. The van der Waals surface area contributed by atoms with Crippen LogP contribution in [0.25, 0.3) is 11.3 Å². The van der Waals surface area contributed by atoms with Crippen LogP contribution in [0.4, 0.5) is 10.3 Å². The molecule has 5 rings (SSSR count). The molecule has 1 aromatic carbocycles. The van der Waals surface area contributed by atoms with Crippen molar-refractivity contribution in [2.24, 2.45) is 4.99 Å². The van der Waals surface area contributed by atoms with Crippen LogP contribution < -0.4 is 16.0 Å². The highest BCUT2D eigenvalue weighted by Crippen LogP contribution is 2.36. The molecule has 220 valence electrons. The predicted octanol–water partition coefficient (Wildman–Crippen LogP) is 2.69. The van der Waals surface area contributed by atoms with Gasteiger partial charge in [0.25, 0.3) is 0 Å². The minimum atomic E-state index is -0.491. The van der Waals surface area contributed by atoms with E-state index in [9.17, 15) is 14.0 Å². The molecule has 1 amide bonds. The van der Waals surface area contributed by atoms with Crippen LogP contribution in [-0.2, 0) is 25.6 Å². The van der Waals surface area contributed by atoms with Crippen molar-refractivity contribution in [2.45, 2.75) is 51.8 Å². The lowest BCUT2D eigenvalue weighted by Crippen LogP contribution is -2.40. The van der Waals surface area contributed by atoms with Crippen LogP contribution in [0.3, 0.4) is 0 Å². The lowest BCUT2D eigenvalue weighted by Gasteiger charge is -2.27. The summed E-state index contributed by atoms with van der Waals surface area (Å²) >= 11 is 0. The molecule has 2 aromatic heterocycles. The molecule has 3 atom stereocenters. The molecule has 13 heteroatoms. The van der Waals surface area contributed by atoms with Gasteiger partial charge in [-0.15, -0.1) is 0 Å². The summed E-state index contributed by atoms with van der Waals surface area (Å²) < 4.78 is 25.1. The number of carbonyl (C=O) groups is 2. The molecule has 0 bridgehead atoms. The van der Waals surface area contributed by atoms with Gasteiger partial charge in [0, 0.05) is 38.3 Å². The number of nitrogens with two attached hydrogens (primary N) is 1. The van der Waals surface area contributed by atoms with E-state index in [2.05, 4.69) is 20.4 Å². The summed E-state index contributed by atoms with van der Waals surface area (Å²) in [6.07, 6.45) is 0.414. The number of hydrogen-bond acceptors (Lipinski definition) is 11. The van der Waals surface area contributed by atoms with Gasteiger partial charge >= 0.3 is 5.97 Å². The number of nitrogens with one attached hydrogen (secondary N) is 1. The summed E-state index contributed by atoms with van der Waals surface area (Å²) in [4.78, 5) is 49.4. The monoisotopic (exact) mass is 577 g/mol. The normalized spacial score (nSPS) is 19.6. The quantitative estimate of drug-likeness (QED) is 0.316. The number of nitrogen functional groups attached to an aromatic ring is 1. The van der Waals surface area contributed by atoms with Crippen LogP contribution >= 0.6 is 0 Å². The van der Waals surface area contributed by atoms with E-state index in [1.165, 1.54) is 33.1 Å². The number of aromatic nitrogens is 3. The molecule has 0 saturated carbocycles. The van der Waals surface area contributed by atoms with Crippen LogP contribution in [0.2, 0.25) is 0 Å². The van der Waals surface area contributed by atoms with Crippen molar-refractivity contribution in [2.75, 3.05) is 26.0 Å². The van der Waals surface area contributed by atoms with Crippen molar-refractivity contribution in [3.63, 3.8) is 0 Å². The maximum atomic E-state index is 14.5. The molecule has 42 heavy (non-hydrogen) atoms. The maximum Gasteiger partial charge on any atom is 0.302 e. The highest BCUT2D eigenvalue weighted by atomic mass is 19.1. The van der Waals surface area contributed by atoms with Crippen molar-refractivity contribution in [1.29, 1.82) is 0 Å². The van der Waals surface area contributed by atoms with E-state index in [4.69, 9.17) is 25.0 Å². The van der Waals surface area contributed by atoms with Crippen LogP contribution in [0.15, 0.2) is 41.4 Å². The second kappa shape index (κ2) is 12.1. The first-order valence-electron chi connectivity index (χ1n) is 13.5. The lowest BCUT2D eigenvalue weighted by molar-refractivity contribution is -0.146. The minimum absolute atomic E-state index is 0.112. The number of pyridine rings is 1. The molecule has 1 saturated heterocycles. The second-order valence-corrected chi connectivity index (χ2v) is 10.2. The van der Waals surface area contributed by atoms with E-state index >= 15 is 0 Å². The fraction of sp³-hybridized carbons (Fsp3) is 0.379. The third-order valence-electron chi connectivity index (χ3n) is 7.23. The molecule has 12 nitrogen and oxygen atoms in total. The number of methoxy groups -OCH3 is 1. The number of fused-ring (bicyclic) bond motifs is 1. The van der Waals surface area contributed by atoms with E-state index in [0.29, 0.717) is 59.3 Å². The Morgan fingerprint density at radius 3 is 2.71 bits per heavy atom. The minimum Gasteiger partial charge on any atom is -0.481 e. The lowest BCUT2D eigenvalue weighted by atomic mass is 9.91. The number of hydrogen-bond donors (Lipinski definition) is 2. The number of amidine groups is 1. The zero-order valence-electron chi connectivity index (χ0n) is 23.8. The molecule has 4 heterocycles. The van der Waals surface area contributed by atoms with Gasteiger partial charge in [0.05, 0.1) is 55.0 Å². The van der Waals surface area contributed by atoms with Crippen molar-refractivity contribution < 1.29 is 28.3 Å². The second-order valence-electron chi connectivity index (χ2n) is 10.2. The maximum absolute atomic E-state index is 14.5. The first-order valence-corrected chi connectivity index (χ1v) is 13.5. The largest absolute Gasteiger partial charge is 0.481 e. The van der Waals surface area contributed by atoms with E-state index in [1.54, 1.807) is 36.1 Å². The van der Waals surface area contributed by atoms with E-state index in [-0.39, 0.29) is 24.5 Å². The van der Waals surface area contributed by atoms with Gasteiger partial charge in [-0.3, -0.25) is 19.4 Å². The number of esters is 1. The Morgan fingerprint density at radius 1 is 1.17 bits per heavy atom. The Bertz CT molecular complexity index is 1550. The van der Waals surface area contributed by atoms with Gasteiger partial charge in [-0.1, -0.05) is 12.1 Å². The van der Waals surface area contributed by atoms with Crippen molar-refractivity contribution in [1.82, 2.24) is 25.3 Å². The van der Waals surface area contributed by atoms with E-state index < -0.39 is 23.9 Å². The van der Waals surface area contributed by atoms with Gasteiger partial charge in [0.2, 0.25) is 17.7 Å². The number of anilines is 1. The summed E-state index contributed by atoms with van der Waals surface area (Å²) in [5, 5.41) is 0. The summed E-state index contributed by atoms with van der Waals surface area (Å²) in [6, 6.07) is 8.95. The fourth-order valence-corrected chi connectivity index (χ4v) is 5.48. The molecule has 0 radical (unpaired) electrons. The predicted molar refractivity (Wildman–Crippen MR) is 151 cm³/mol. The number of aliphatic imine (C=N–C) groups is 1. The molecule has 2 aliphatic rings. The summed E-state index contributed by atoms with van der Waals surface area (Å²) in [6.45, 7) is 5.02. The van der Waals surface area contributed by atoms with Gasteiger partial charge in [0.15, 0.2) is 5.84 Å². The Morgan fingerprint density at radius 2 is 1.98 bits per heavy atom. The van der Waals surface area contributed by atoms with E-state index in [0.717, 1.165) is 5.56 Å². The zero-order valence-corrected chi connectivity index (χ0v) is 23.8. The number of aryl methyl sites for hydroxylation is 1. The molecule has 2 aliphatic heterocycles. The fourth-order valence-electron chi connectivity index (χ4n) is 5.48. The molecule has 3 aromatic rings. The molecule has 0 spiro atoms. The molecular weight excluding hydrogens is 545 g/mol. The van der Waals surface area contributed by atoms with Gasteiger partial charge < -0.3 is 20.1 Å². The molecule has 3 N–H and O–H groups in total. The van der Waals surface area contributed by atoms with Crippen molar-refractivity contribution in [3.8, 4) is 17.1 Å². The third kappa shape index (κ3) is 6.15. The Hall–Kier alpha value is -4.65. The Balaban J connectivity index is 1.45. The number of amides is 1. The number of rotatable bonds is 7. The molecule has 3 unspecified atom stereocenters. The van der Waals surface area contributed by atoms with Crippen molar-refractivity contribution >= 4 is 23.7 Å². The first-order chi connectivity index (χ1) is 20.1. The number of ether oxygens (including phenoxy) is 2. The molecule has 0 aliphatic carbocycles. The number of hydroxylamine groups is 1. The number of likely N-dealkylation sites (tertiary alicyclic amines) is 1. The standard InChI is InChI=1S/C29H32FN7O5/c1-15-27-25(35-29(31)32-15)12-24(21-9-8-18(30)10-22(21)23-6-5-7-26(33-23)40-4)34-28(27)36-41-14-19-11-20(42-17(3)39)13-37(19)16(2)38/h5-10,19-20,24H,11-14H2,1-4H3,(H,34,36)(H2,31,32,35). The van der Waals surface area contributed by atoms with Crippen molar-refractivity contribution in [3.05, 3.63) is 64.7 Å². The SMILES string of the molecule is COc1cccc(-c2cc(F)ccc2C2Cc3nc(N)nc(C)c3C(NOCC3CC(OC(C)=O)CN3C(C)=O)=N2)n1. The van der Waals surface area contributed by atoms with Crippen LogP contribution in [0, 0.1) is 12.7 Å². The topological polar surface area (TPSA) is 154 Å². The first kappa shape index (κ1) is 28.9. The summed E-state index contributed by atoms with van der Waals surface area (Å²) in [7, 11) is 1.52. The number of carbonyl (C=O) groups excluding carboxylic acids is 2. The van der Waals surface area contributed by atoms with Crippen LogP contribution in [-0.4, -0.2) is 70.0 Å². The molecular formula is C29H32FN7O5. The number of halogens is 1. The smallest absolute Gasteiger partial charge is 0.302 e. The third-order valence-corrected chi connectivity index (χ3v) is 7.23. The molecule has 1 fully saturated rings. The van der Waals surface area contributed by atoms with Gasteiger partial charge in [-0.25, -0.2) is 24.8 Å². The Labute approximate surface area is 242 Å². The van der Waals surface area contributed by atoms with Gasteiger partial charge in [-0.05, 0) is 30.7 Å². The summed E-state index contributed by atoms with van der Waals surface area (Å²) in [5.74, 6) is -0.0669. The van der Waals surface area contributed by atoms with Gasteiger partial charge in [0.1, 0.15) is 11.9 Å². The average molecular weight is 578 g/mol. The summed E-state index contributed by atoms with van der Waals surface area (Å²) in [5.41, 5.74) is 12.7. The van der Waals surface area contributed by atoms with Gasteiger partial charge in [-0.2, -0.15) is 0 Å². The highest BCUT2D eigenvalue weighted by molar-refractivity contribution is 6.01. The van der Waals surface area contributed by atoms with Crippen LogP contribution in [0.1, 0.15) is 48.8 Å².